The van der Waals surface area contributed by atoms with E-state index in [9.17, 15) is 0 Å². The first-order valence-electron chi connectivity index (χ1n) is 12.1. The van der Waals surface area contributed by atoms with Gasteiger partial charge in [0.25, 0.3) is 0 Å². The quantitative estimate of drug-likeness (QED) is 0.391. The monoisotopic (exact) mass is 410 g/mol. The average molecular weight is 411 g/mol. The summed E-state index contributed by atoms with van der Waals surface area (Å²) >= 11 is 0. The summed E-state index contributed by atoms with van der Waals surface area (Å²) in [7, 11) is 2.22. The van der Waals surface area contributed by atoms with Crippen molar-refractivity contribution >= 4 is 21.9 Å². The maximum Gasteiger partial charge on any atom is 0.221 e. The second kappa shape index (κ2) is 7.62. The molecule has 0 atom stereocenters. The van der Waals surface area contributed by atoms with Gasteiger partial charge < -0.3 is 0 Å². The molecule has 31 heavy (non-hydrogen) atoms. The molecule has 1 heteroatoms. The molecule has 0 aliphatic heterocycles. The maximum absolute atomic E-state index is 2.57. The molecule has 0 spiro atoms. The molecule has 3 aromatic rings. The lowest BCUT2D eigenvalue weighted by molar-refractivity contribution is -0.672. The fourth-order valence-corrected chi connectivity index (χ4v) is 6.05. The topological polar surface area (TPSA) is 3.88 Å². The van der Waals surface area contributed by atoms with Crippen molar-refractivity contribution in [2.24, 2.45) is 13.0 Å². The Balaban J connectivity index is 1.85. The largest absolute Gasteiger partial charge is 0.221 e. The first-order valence-corrected chi connectivity index (χ1v) is 12.1. The van der Waals surface area contributed by atoms with Crippen LogP contribution in [0.3, 0.4) is 0 Å². The Morgan fingerprint density at radius 3 is 2.42 bits per heavy atom. The molecule has 1 saturated carbocycles. The number of benzene rings is 2. The molecule has 1 nitrogen and oxygen atoms in total. The van der Waals surface area contributed by atoms with E-state index in [1.54, 1.807) is 11.1 Å². The number of aryl methyl sites for hydroxylation is 3. The van der Waals surface area contributed by atoms with Crippen LogP contribution in [0.2, 0.25) is 0 Å². The molecule has 0 saturated heterocycles. The van der Waals surface area contributed by atoms with E-state index in [4.69, 9.17) is 0 Å². The van der Waals surface area contributed by atoms with Crippen molar-refractivity contribution in [3.63, 3.8) is 0 Å². The molecule has 1 aromatic heterocycles. The highest BCUT2D eigenvalue weighted by molar-refractivity contribution is 6.16. The Morgan fingerprint density at radius 2 is 1.71 bits per heavy atom. The molecular formula is C30H36N+. The van der Waals surface area contributed by atoms with Crippen LogP contribution < -0.4 is 4.57 Å². The summed E-state index contributed by atoms with van der Waals surface area (Å²) in [5.41, 5.74) is 13.1. The number of nitrogens with zero attached hydrogens (tertiary/aromatic N) is 1. The number of hydrogen-bond acceptors (Lipinski definition) is 0. The first-order chi connectivity index (χ1) is 14.8. The molecule has 0 amide bonds. The zero-order chi connectivity index (χ0) is 21.9. The van der Waals surface area contributed by atoms with Crippen LogP contribution in [0.25, 0.3) is 21.9 Å². The Labute approximate surface area is 187 Å². The van der Waals surface area contributed by atoms with Crippen LogP contribution in [0, 0.1) is 26.7 Å². The molecule has 2 aliphatic rings. The molecule has 2 aliphatic carbocycles. The Kier molecular flexibility index (Phi) is 5.04. The fourth-order valence-electron chi connectivity index (χ4n) is 6.05. The lowest BCUT2D eigenvalue weighted by atomic mass is 9.87. The summed E-state index contributed by atoms with van der Waals surface area (Å²) in [5, 5.41) is 2.89. The minimum absolute atomic E-state index is 0.626. The van der Waals surface area contributed by atoms with Gasteiger partial charge in [0, 0.05) is 6.07 Å². The SMILES string of the molecule is Cc1cc(C)c(C)c(C2=C(CC(C)C)c3cc(C4CCCC4)cc4cc[n+](C)c2c34)c1. The van der Waals surface area contributed by atoms with E-state index in [2.05, 4.69) is 82.8 Å². The summed E-state index contributed by atoms with van der Waals surface area (Å²) in [6, 6.07) is 12.2. The number of allylic oxidation sites excluding steroid dienone is 1. The molecule has 0 radical (unpaired) electrons. The lowest BCUT2D eigenvalue weighted by Crippen LogP contribution is -2.32. The summed E-state index contributed by atoms with van der Waals surface area (Å²) < 4.78 is 2.36. The standard InChI is InChI=1S/C30H36N/c1-18(2)13-26-27-17-24(22-9-7-8-10-22)16-23-11-12-31(6)30(28(23)27)29(26)25-15-19(3)14-20(4)21(25)5/h11-12,14-18,22H,7-10,13H2,1-6H3/q+1. The van der Waals surface area contributed by atoms with Gasteiger partial charge in [-0.3, -0.25) is 0 Å². The Hall–Kier alpha value is -2.41. The number of pyridine rings is 1. The van der Waals surface area contributed by atoms with E-state index in [1.807, 2.05) is 0 Å². The summed E-state index contributed by atoms with van der Waals surface area (Å²) in [5.74, 6) is 1.37. The van der Waals surface area contributed by atoms with Crippen molar-refractivity contribution in [1.29, 1.82) is 0 Å². The Bertz CT molecular complexity index is 1220. The molecule has 0 N–H and O–H groups in total. The average Bonchev–Trinajstić information content (AvgIpc) is 3.35. The molecule has 0 unspecified atom stereocenters. The van der Waals surface area contributed by atoms with Crippen LogP contribution in [0.5, 0.6) is 0 Å². The zero-order valence-corrected chi connectivity index (χ0v) is 20.1. The number of hydrogen-bond donors (Lipinski definition) is 0. The highest BCUT2D eigenvalue weighted by Gasteiger charge is 2.34. The van der Waals surface area contributed by atoms with Crippen molar-refractivity contribution in [2.75, 3.05) is 0 Å². The van der Waals surface area contributed by atoms with E-state index in [-0.39, 0.29) is 0 Å². The second-order valence-electron chi connectivity index (χ2n) is 10.5. The molecule has 5 rings (SSSR count). The van der Waals surface area contributed by atoms with Crippen LogP contribution in [0.4, 0.5) is 0 Å². The predicted octanol–water partition coefficient (Wildman–Crippen LogP) is 7.57. The van der Waals surface area contributed by atoms with E-state index in [0.717, 1.165) is 12.3 Å². The van der Waals surface area contributed by atoms with Gasteiger partial charge in [-0.2, -0.15) is 0 Å². The van der Waals surface area contributed by atoms with Gasteiger partial charge in [-0.15, -0.1) is 0 Å². The van der Waals surface area contributed by atoms with Crippen molar-refractivity contribution in [3.05, 3.63) is 75.6 Å². The van der Waals surface area contributed by atoms with E-state index in [0.29, 0.717) is 5.92 Å². The van der Waals surface area contributed by atoms with E-state index >= 15 is 0 Å². The van der Waals surface area contributed by atoms with Crippen molar-refractivity contribution in [2.45, 2.75) is 72.6 Å². The molecule has 0 bridgehead atoms. The third-order valence-electron chi connectivity index (χ3n) is 7.64. The minimum atomic E-state index is 0.626. The summed E-state index contributed by atoms with van der Waals surface area (Å²) in [6.07, 6.45) is 8.87. The number of aromatic nitrogens is 1. The summed E-state index contributed by atoms with van der Waals surface area (Å²) in [4.78, 5) is 0. The van der Waals surface area contributed by atoms with Gasteiger partial charge in [0.05, 0.1) is 11.0 Å². The predicted molar refractivity (Wildman–Crippen MR) is 132 cm³/mol. The normalized spacial score (nSPS) is 16.4. The van der Waals surface area contributed by atoms with Gasteiger partial charge in [0.15, 0.2) is 6.20 Å². The van der Waals surface area contributed by atoms with Crippen molar-refractivity contribution in [3.8, 4) is 0 Å². The highest BCUT2D eigenvalue weighted by atomic mass is 14.9. The van der Waals surface area contributed by atoms with Crippen LogP contribution in [0.15, 0.2) is 36.5 Å². The fraction of sp³-hybridized carbons (Fsp3) is 0.433. The minimum Gasteiger partial charge on any atom is -0.200 e. The second-order valence-corrected chi connectivity index (χ2v) is 10.5. The van der Waals surface area contributed by atoms with E-state index < -0.39 is 0 Å². The van der Waals surface area contributed by atoms with Gasteiger partial charge in [0.2, 0.25) is 5.69 Å². The van der Waals surface area contributed by atoms with Gasteiger partial charge >= 0.3 is 0 Å². The van der Waals surface area contributed by atoms with Crippen molar-refractivity contribution in [1.82, 2.24) is 0 Å². The summed E-state index contributed by atoms with van der Waals surface area (Å²) in [6.45, 7) is 11.5. The molecule has 2 aromatic carbocycles. The van der Waals surface area contributed by atoms with Gasteiger partial charge in [-0.1, -0.05) is 56.5 Å². The van der Waals surface area contributed by atoms with Crippen molar-refractivity contribution < 1.29 is 4.57 Å². The van der Waals surface area contributed by atoms with Crippen LogP contribution in [-0.2, 0) is 7.05 Å². The number of rotatable bonds is 4. The third-order valence-corrected chi connectivity index (χ3v) is 7.64. The maximum atomic E-state index is 2.57. The lowest BCUT2D eigenvalue weighted by Gasteiger charge is -2.16. The van der Waals surface area contributed by atoms with Crippen LogP contribution >= 0.6 is 0 Å². The molecule has 1 heterocycles. The molecular weight excluding hydrogens is 374 g/mol. The van der Waals surface area contributed by atoms with Gasteiger partial charge in [0.1, 0.15) is 7.05 Å². The van der Waals surface area contributed by atoms with Gasteiger partial charge in [-0.25, -0.2) is 4.57 Å². The first kappa shape index (κ1) is 20.5. The third kappa shape index (κ3) is 3.34. The smallest absolute Gasteiger partial charge is 0.200 e. The Morgan fingerprint density at radius 1 is 0.968 bits per heavy atom. The van der Waals surface area contributed by atoms with E-state index in [1.165, 1.54) is 75.5 Å². The molecule has 160 valence electrons. The highest BCUT2D eigenvalue weighted by Crippen LogP contribution is 2.48. The molecule has 1 fully saturated rings. The van der Waals surface area contributed by atoms with Gasteiger partial charge in [-0.05, 0) is 90.6 Å². The zero-order valence-electron chi connectivity index (χ0n) is 20.1. The van der Waals surface area contributed by atoms with Crippen LogP contribution in [-0.4, -0.2) is 0 Å². The van der Waals surface area contributed by atoms with Crippen LogP contribution in [0.1, 0.15) is 90.9 Å².